The van der Waals surface area contributed by atoms with E-state index in [0.29, 0.717) is 0 Å². The van der Waals surface area contributed by atoms with Crippen molar-refractivity contribution >= 4 is 16.0 Å². The molecule has 0 aliphatic rings. The summed E-state index contributed by atoms with van der Waals surface area (Å²) in [5.74, 6) is -0.962. The molecule has 0 bridgehead atoms. The summed E-state index contributed by atoms with van der Waals surface area (Å²) >= 11 is 0. The summed E-state index contributed by atoms with van der Waals surface area (Å²) in [5, 5.41) is 17.3. The van der Waals surface area contributed by atoms with Crippen LogP contribution in [0.1, 0.15) is 32.4 Å². The quantitative estimate of drug-likeness (QED) is 0.810. The van der Waals surface area contributed by atoms with Gasteiger partial charge >= 0.3 is 5.97 Å². The fraction of sp³-hybridized carbons (Fsp3) is 0.462. The molecule has 1 aromatic rings. The monoisotopic (exact) mass is 311 g/mol. The number of pyridine rings is 1. The van der Waals surface area contributed by atoms with Crippen LogP contribution in [-0.2, 0) is 14.8 Å². The van der Waals surface area contributed by atoms with Crippen molar-refractivity contribution in [2.24, 2.45) is 0 Å². The van der Waals surface area contributed by atoms with Crippen LogP contribution in [0.2, 0.25) is 0 Å². The lowest BCUT2D eigenvalue weighted by molar-refractivity contribution is -0.137. The highest BCUT2D eigenvalue weighted by atomic mass is 32.2. The van der Waals surface area contributed by atoms with Crippen molar-refractivity contribution in [1.82, 2.24) is 9.29 Å². The van der Waals surface area contributed by atoms with Gasteiger partial charge in [-0.1, -0.05) is 0 Å². The highest BCUT2D eigenvalue weighted by Gasteiger charge is 2.27. The van der Waals surface area contributed by atoms with E-state index in [0.717, 1.165) is 6.20 Å². The molecular weight excluding hydrogens is 294 g/mol. The Labute approximate surface area is 123 Å². The minimum Gasteiger partial charge on any atom is -0.481 e. The summed E-state index contributed by atoms with van der Waals surface area (Å²) in [6.45, 7) is 3.55. The maximum absolute atomic E-state index is 12.5. The molecule has 1 aromatic heterocycles. The zero-order valence-corrected chi connectivity index (χ0v) is 12.7. The van der Waals surface area contributed by atoms with Crippen LogP contribution in [-0.4, -0.2) is 41.4 Å². The van der Waals surface area contributed by atoms with Crippen LogP contribution >= 0.6 is 0 Å². The van der Waals surface area contributed by atoms with Gasteiger partial charge in [0.05, 0.1) is 0 Å². The lowest BCUT2D eigenvalue weighted by Crippen LogP contribution is -2.37. The van der Waals surface area contributed by atoms with E-state index in [1.165, 1.54) is 16.4 Å². The smallest absolute Gasteiger partial charge is 0.303 e. The third kappa shape index (κ3) is 4.51. The van der Waals surface area contributed by atoms with E-state index in [9.17, 15) is 13.2 Å². The van der Waals surface area contributed by atoms with E-state index < -0.39 is 16.0 Å². The standard InChI is InChI=1S/C13H17N3O4S/c1-10(2)16(7-3-4-13(17)18)21(19,20)12-6-5-11(8-14)15-9-12/h5-6,9-10H,3-4,7H2,1-2H3,(H,17,18). The van der Waals surface area contributed by atoms with Crippen molar-refractivity contribution in [3.63, 3.8) is 0 Å². The van der Waals surface area contributed by atoms with Crippen LogP contribution in [0.25, 0.3) is 0 Å². The molecule has 0 radical (unpaired) electrons. The highest BCUT2D eigenvalue weighted by molar-refractivity contribution is 7.89. The summed E-state index contributed by atoms with van der Waals surface area (Å²) in [4.78, 5) is 14.3. The van der Waals surface area contributed by atoms with Gasteiger partial charge in [0.15, 0.2) is 0 Å². The number of carboxylic acids is 1. The molecule has 0 saturated carbocycles. The normalized spacial score (nSPS) is 11.6. The molecule has 0 unspecified atom stereocenters. The number of aromatic nitrogens is 1. The molecule has 1 rings (SSSR count). The number of rotatable bonds is 7. The number of carbonyl (C=O) groups is 1. The first-order valence-electron chi connectivity index (χ1n) is 6.39. The van der Waals surface area contributed by atoms with Crippen molar-refractivity contribution in [1.29, 1.82) is 5.26 Å². The molecule has 0 atom stereocenters. The molecule has 0 aliphatic heterocycles. The van der Waals surface area contributed by atoms with Gasteiger partial charge < -0.3 is 5.11 Å². The fourth-order valence-corrected chi connectivity index (χ4v) is 3.40. The van der Waals surface area contributed by atoms with Gasteiger partial charge in [0.25, 0.3) is 0 Å². The Balaban J connectivity index is 2.98. The van der Waals surface area contributed by atoms with Crippen LogP contribution in [0, 0.1) is 11.3 Å². The predicted octanol–water partition coefficient (Wildman–Crippen LogP) is 1.22. The van der Waals surface area contributed by atoms with Crippen molar-refractivity contribution in [2.45, 2.75) is 37.6 Å². The van der Waals surface area contributed by atoms with Gasteiger partial charge in [-0.3, -0.25) is 4.79 Å². The Morgan fingerprint density at radius 1 is 1.48 bits per heavy atom. The lowest BCUT2D eigenvalue weighted by Gasteiger charge is -2.25. The summed E-state index contributed by atoms with van der Waals surface area (Å²) in [6.07, 6.45) is 1.28. The first kappa shape index (κ1) is 17.1. The van der Waals surface area contributed by atoms with Crippen molar-refractivity contribution < 1.29 is 18.3 Å². The molecule has 7 nitrogen and oxygen atoms in total. The molecule has 8 heteroatoms. The maximum Gasteiger partial charge on any atom is 0.303 e. The van der Waals surface area contributed by atoms with Gasteiger partial charge in [0, 0.05) is 25.2 Å². The Morgan fingerprint density at radius 2 is 2.14 bits per heavy atom. The van der Waals surface area contributed by atoms with Crippen LogP contribution in [0.4, 0.5) is 0 Å². The van der Waals surface area contributed by atoms with Crippen molar-refractivity contribution in [3.05, 3.63) is 24.0 Å². The van der Waals surface area contributed by atoms with Crippen molar-refractivity contribution in [3.8, 4) is 6.07 Å². The van der Waals surface area contributed by atoms with E-state index >= 15 is 0 Å². The molecule has 0 aromatic carbocycles. The summed E-state index contributed by atoms with van der Waals surface area (Å²) in [6, 6.07) is 4.18. The van der Waals surface area contributed by atoms with Gasteiger partial charge in [0.1, 0.15) is 16.7 Å². The zero-order valence-electron chi connectivity index (χ0n) is 11.9. The zero-order chi connectivity index (χ0) is 16.0. The number of aliphatic carboxylic acids is 1. The summed E-state index contributed by atoms with van der Waals surface area (Å²) in [5.41, 5.74) is 0.135. The largest absolute Gasteiger partial charge is 0.481 e. The molecule has 1 N–H and O–H groups in total. The first-order chi connectivity index (χ1) is 9.78. The molecule has 0 aliphatic carbocycles. The van der Waals surface area contributed by atoms with E-state index in [4.69, 9.17) is 10.4 Å². The number of hydrogen-bond acceptors (Lipinski definition) is 5. The number of nitriles is 1. The van der Waals surface area contributed by atoms with Crippen LogP contribution in [0.3, 0.4) is 0 Å². The SMILES string of the molecule is CC(C)N(CCCC(=O)O)S(=O)(=O)c1ccc(C#N)nc1. The molecule has 21 heavy (non-hydrogen) atoms. The number of sulfonamides is 1. The summed E-state index contributed by atoms with van der Waals surface area (Å²) < 4.78 is 26.2. The second-order valence-corrected chi connectivity index (χ2v) is 6.59. The van der Waals surface area contributed by atoms with Crippen LogP contribution < -0.4 is 0 Å². The Morgan fingerprint density at radius 3 is 2.57 bits per heavy atom. The Kier molecular flexibility index (Phi) is 5.81. The molecule has 0 amide bonds. The second kappa shape index (κ2) is 7.15. The van der Waals surface area contributed by atoms with E-state index in [1.54, 1.807) is 13.8 Å². The Bertz CT molecular complexity index is 632. The molecule has 0 spiro atoms. The Hall–Kier alpha value is -1.98. The summed E-state index contributed by atoms with van der Waals surface area (Å²) in [7, 11) is -3.75. The molecule has 0 fully saturated rings. The van der Waals surface area contributed by atoms with Gasteiger partial charge in [-0.25, -0.2) is 13.4 Å². The molecular formula is C13H17N3O4S. The minimum atomic E-state index is -3.75. The minimum absolute atomic E-state index is 0.00877. The topological polar surface area (TPSA) is 111 Å². The fourth-order valence-electron chi connectivity index (χ4n) is 1.78. The molecule has 1 heterocycles. The van der Waals surface area contributed by atoms with E-state index in [1.807, 2.05) is 6.07 Å². The van der Waals surface area contributed by atoms with E-state index in [-0.39, 0.29) is 36.0 Å². The first-order valence-corrected chi connectivity index (χ1v) is 7.83. The highest BCUT2D eigenvalue weighted by Crippen LogP contribution is 2.18. The molecule has 114 valence electrons. The average molecular weight is 311 g/mol. The number of nitrogens with zero attached hydrogens (tertiary/aromatic N) is 3. The number of hydrogen-bond donors (Lipinski definition) is 1. The van der Waals surface area contributed by atoms with Crippen LogP contribution in [0.15, 0.2) is 23.2 Å². The second-order valence-electron chi connectivity index (χ2n) is 4.70. The van der Waals surface area contributed by atoms with Crippen molar-refractivity contribution in [2.75, 3.05) is 6.54 Å². The predicted molar refractivity (Wildman–Crippen MR) is 74.8 cm³/mol. The van der Waals surface area contributed by atoms with Gasteiger partial charge in [-0.2, -0.15) is 9.57 Å². The molecule has 0 saturated heterocycles. The van der Waals surface area contributed by atoms with Crippen LogP contribution in [0.5, 0.6) is 0 Å². The lowest BCUT2D eigenvalue weighted by atomic mass is 10.3. The average Bonchev–Trinajstić information content (AvgIpc) is 2.42. The van der Waals surface area contributed by atoms with Gasteiger partial charge in [-0.05, 0) is 32.4 Å². The van der Waals surface area contributed by atoms with Gasteiger partial charge in [0.2, 0.25) is 10.0 Å². The third-order valence-electron chi connectivity index (χ3n) is 2.80. The van der Waals surface area contributed by atoms with Gasteiger partial charge in [-0.15, -0.1) is 0 Å². The third-order valence-corrected chi connectivity index (χ3v) is 4.86. The maximum atomic E-state index is 12.5. The number of carboxylic acid groups (broad SMARTS) is 1. The van der Waals surface area contributed by atoms with E-state index in [2.05, 4.69) is 4.98 Å².